The van der Waals surface area contributed by atoms with E-state index >= 15 is 0 Å². The average Bonchev–Trinajstić information content (AvgIpc) is 3.29. The van der Waals surface area contributed by atoms with Crippen molar-refractivity contribution in [2.45, 2.75) is 57.4 Å². The van der Waals surface area contributed by atoms with Crippen LogP contribution < -0.4 is 0 Å². The van der Waals surface area contributed by atoms with Gasteiger partial charge in [-0.3, -0.25) is 9.59 Å². The molecule has 1 saturated carbocycles. The minimum Gasteiger partial charge on any atom is -0.345 e. The van der Waals surface area contributed by atoms with Crippen molar-refractivity contribution in [2.75, 3.05) is 19.6 Å². The number of likely N-dealkylation sites (tertiary alicyclic amines) is 2. The van der Waals surface area contributed by atoms with Crippen molar-refractivity contribution >= 4 is 11.8 Å². The molecule has 0 unspecified atom stereocenters. The maximum atomic E-state index is 13.4. The van der Waals surface area contributed by atoms with Gasteiger partial charge in [-0.05, 0) is 38.2 Å². The Balaban J connectivity index is 1.50. The van der Waals surface area contributed by atoms with Crippen LogP contribution in [0.25, 0.3) is 0 Å². The molecule has 1 aromatic rings. The fourth-order valence-corrected chi connectivity index (χ4v) is 5.27. The first-order chi connectivity index (χ1) is 13.0. The van der Waals surface area contributed by atoms with E-state index < -0.39 is 5.41 Å². The molecule has 6 heteroatoms. The highest BCUT2D eigenvalue weighted by atomic mass is 16.2. The summed E-state index contributed by atoms with van der Waals surface area (Å²) in [5, 5.41) is 9.07. The van der Waals surface area contributed by atoms with Crippen molar-refractivity contribution in [2.24, 2.45) is 12.5 Å². The normalized spacial score (nSPS) is 26.6. The van der Waals surface area contributed by atoms with E-state index in [1.807, 2.05) is 4.90 Å². The van der Waals surface area contributed by atoms with Gasteiger partial charge in [-0.1, -0.05) is 19.3 Å². The summed E-state index contributed by atoms with van der Waals surface area (Å²) in [6.07, 6.45) is 10.3. The van der Waals surface area contributed by atoms with Crippen LogP contribution in [0.5, 0.6) is 0 Å². The number of hydrogen-bond donors (Lipinski definition) is 0. The van der Waals surface area contributed by atoms with Gasteiger partial charge >= 0.3 is 0 Å². The van der Waals surface area contributed by atoms with Crippen LogP contribution in [0.3, 0.4) is 0 Å². The number of aromatic nitrogens is 1. The van der Waals surface area contributed by atoms with E-state index in [1.54, 1.807) is 23.9 Å². The van der Waals surface area contributed by atoms with Gasteiger partial charge < -0.3 is 14.4 Å². The van der Waals surface area contributed by atoms with Crippen LogP contribution in [-0.4, -0.2) is 51.9 Å². The molecular weight excluding hydrogens is 340 g/mol. The van der Waals surface area contributed by atoms with Crippen molar-refractivity contribution < 1.29 is 9.59 Å². The summed E-state index contributed by atoms with van der Waals surface area (Å²) >= 11 is 0. The van der Waals surface area contributed by atoms with Crippen molar-refractivity contribution in [3.05, 3.63) is 23.5 Å². The Morgan fingerprint density at radius 1 is 1.19 bits per heavy atom. The molecule has 1 aliphatic carbocycles. The highest BCUT2D eigenvalue weighted by Gasteiger charge is 2.50. The third kappa shape index (κ3) is 3.13. The number of hydrogen-bond acceptors (Lipinski definition) is 3. The summed E-state index contributed by atoms with van der Waals surface area (Å²) in [5.41, 5.74) is 0.622. The molecule has 1 atom stereocenters. The largest absolute Gasteiger partial charge is 0.345 e. The molecule has 2 aliphatic heterocycles. The fraction of sp³-hybridized carbons (Fsp3) is 0.667. The van der Waals surface area contributed by atoms with Gasteiger partial charge in [0, 0.05) is 38.9 Å². The molecule has 3 aliphatic rings. The lowest BCUT2D eigenvalue weighted by Gasteiger charge is -2.44. The zero-order chi connectivity index (χ0) is 19.0. The van der Waals surface area contributed by atoms with Crippen molar-refractivity contribution in [3.63, 3.8) is 0 Å². The minimum absolute atomic E-state index is 0.0709. The van der Waals surface area contributed by atoms with Gasteiger partial charge in [-0.25, -0.2) is 0 Å². The number of aryl methyl sites for hydroxylation is 1. The number of carbonyl (C=O) groups is 2. The summed E-state index contributed by atoms with van der Waals surface area (Å²) in [7, 11) is 1.79. The van der Waals surface area contributed by atoms with Crippen LogP contribution in [0, 0.1) is 16.7 Å². The lowest BCUT2D eigenvalue weighted by Crippen LogP contribution is -2.54. The van der Waals surface area contributed by atoms with Crippen LogP contribution >= 0.6 is 0 Å². The zero-order valence-electron chi connectivity index (χ0n) is 16.1. The second-order valence-electron chi connectivity index (χ2n) is 8.49. The van der Waals surface area contributed by atoms with E-state index in [9.17, 15) is 9.59 Å². The first kappa shape index (κ1) is 18.1. The Bertz CT molecular complexity index is 787. The maximum absolute atomic E-state index is 13.4. The highest BCUT2D eigenvalue weighted by Crippen LogP contribution is 2.42. The van der Waals surface area contributed by atoms with Crippen molar-refractivity contribution in [1.82, 2.24) is 14.4 Å². The number of nitrogens with zero attached hydrogens (tertiary/aromatic N) is 4. The molecule has 0 aromatic carbocycles. The van der Waals surface area contributed by atoms with E-state index in [4.69, 9.17) is 5.26 Å². The molecule has 1 aromatic heterocycles. The summed E-state index contributed by atoms with van der Waals surface area (Å²) in [6, 6.07) is 4.13. The summed E-state index contributed by atoms with van der Waals surface area (Å²) in [6.45, 7) is 2.01. The predicted octanol–water partition coefficient (Wildman–Crippen LogP) is 2.68. The molecule has 3 heterocycles. The van der Waals surface area contributed by atoms with Crippen molar-refractivity contribution in [3.8, 4) is 6.07 Å². The van der Waals surface area contributed by atoms with Gasteiger partial charge in [0.2, 0.25) is 5.91 Å². The number of rotatable bonds is 2. The SMILES string of the molecule is Cn1cc(C#N)cc1C(=O)N1CC[C@@]2(CCCN(C3CCCCC3)C2=O)C1. The number of amides is 2. The number of piperidine rings is 1. The van der Waals surface area contributed by atoms with Gasteiger partial charge in [-0.15, -0.1) is 0 Å². The topological polar surface area (TPSA) is 69.3 Å². The Labute approximate surface area is 160 Å². The lowest BCUT2D eigenvalue weighted by atomic mass is 9.77. The zero-order valence-corrected chi connectivity index (χ0v) is 16.1. The maximum Gasteiger partial charge on any atom is 0.270 e. The molecule has 0 N–H and O–H groups in total. The molecule has 27 heavy (non-hydrogen) atoms. The van der Waals surface area contributed by atoms with Crippen LogP contribution in [0.2, 0.25) is 0 Å². The summed E-state index contributed by atoms with van der Waals surface area (Å²) in [4.78, 5) is 30.4. The molecule has 4 rings (SSSR count). The molecule has 6 nitrogen and oxygen atoms in total. The molecule has 2 amide bonds. The summed E-state index contributed by atoms with van der Waals surface area (Å²) < 4.78 is 1.71. The van der Waals surface area contributed by atoms with Gasteiger partial charge in [0.25, 0.3) is 5.91 Å². The predicted molar refractivity (Wildman–Crippen MR) is 101 cm³/mol. The molecule has 1 spiro atoms. The Morgan fingerprint density at radius 3 is 2.67 bits per heavy atom. The van der Waals surface area contributed by atoms with Gasteiger partial charge in [-0.2, -0.15) is 5.26 Å². The number of carbonyl (C=O) groups excluding carboxylic acids is 2. The Kier molecular flexibility index (Phi) is 4.71. The van der Waals surface area contributed by atoms with E-state index in [-0.39, 0.29) is 11.8 Å². The van der Waals surface area contributed by atoms with E-state index in [0.29, 0.717) is 30.4 Å². The molecular formula is C21H28N4O2. The quantitative estimate of drug-likeness (QED) is 0.806. The monoisotopic (exact) mass is 368 g/mol. The van der Waals surface area contributed by atoms with E-state index in [2.05, 4.69) is 11.0 Å². The van der Waals surface area contributed by atoms with Crippen LogP contribution in [0.15, 0.2) is 12.3 Å². The van der Waals surface area contributed by atoms with E-state index in [1.165, 1.54) is 19.3 Å². The van der Waals surface area contributed by atoms with Crippen molar-refractivity contribution in [1.29, 1.82) is 5.26 Å². The second kappa shape index (κ2) is 7.03. The molecule has 3 fully saturated rings. The average molecular weight is 368 g/mol. The molecule has 2 saturated heterocycles. The van der Waals surface area contributed by atoms with Crippen LogP contribution in [0.1, 0.15) is 67.4 Å². The van der Waals surface area contributed by atoms with Gasteiger partial charge in [0.15, 0.2) is 0 Å². The highest BCUT2D eigenvalue weighted by molar-refractivity contribution is 5.94. The number of nitriles is 1. The lowest BCUT2D eigenvalue weighted by molar-refractivity contribution is -0.149. The smallest absolute Gasteiger partial charge is 0.270 e. The second-order valence-corrected chi connectivity index (χ2v) is 8.49. The molecule has 0 radical (unpaired) electrons. The van der Waals surface area contributed by atoms with Crippen LogP contribution in [-0.2, 0) is 11.8 Å². The minimum atomic E-state index is -0.394. The molecule has 0 bridgehead atoms. The Hall–Kier alpha value is -2.29. The molecule has 144 valence electrons. The first-order valence-electron chi connectivity index (χ1n) is 10.2. The summed E-state index contributed by atoms with van der Waals surface area (Å²) in [5.74, 6) is 0.207. The van der Waals surface area contributed by atoms with Gasteiger partial charge in [0.1, 0.15) is 11.8 Å². The van der Waals surface area contributed by atoms with Gasteiger partial charge in [0.05, 0.1) is 11.0 Å². The standard InChI is InChI=1S/C21H28N4O2/c1-23-14-16(13-22)12-18(23)19(26)24-11-9-21(15-24)8-5-10-25(20(21)27)17-6-3-2-4-7-17/h12,14,17H,2-11,15H2,1H3/t21-/m0/s1. The van der Waals surface area contributed by atoms with E-state index in [0.717, 1.165) is 38.6 Å². The Morgan fingerprint density at radius 2 is 1.96 bits per heavy atom. The fourth-order valence-electron chi connectivity index (χ4n) is 5.27. The third-order valence-electron chi connectivity index (χ3n) is 6.78. The first-order valence-corrected chi connectivity index (χ1v) is 10.2. The third-order valence-corrected chi connectivity index (χ3v) is 6.78. The van der Waals surface area contributed by atoms with Crippen LogP contribution in [0.4, 0.5) is 0 Å².